The number of rotatable bonds is 5. The van der Waals surface area contributed by atoms with Gasteiger partial charge >= 0.3 is 21.1 Å². The molecule has 0 N–H and O–H groups in total. The van der Waals surface area contributed by atoms with Crippen LogP contribution in [0.4, 0.5) is 0 Å². The van der Waals surface area contributed by atoms with Crippen molar-refractivity contribution < 1.29 is 25.8 Å². The van der Waals surface area contributed by atoms with Crippen molar-refractivity contribution in [3.05, 3.63) is 164 Å². The largest absolute Gasteiger partial charge is 2.00 e. The second kappa shape index (κ2) is 11.5. The van der Waals surface area contributed by atoms with Crippen LogP contribution >= 0.6 is 0 Å². The molecule has 6 nitrogen and oxygen atoms in total. The van der Waals surface area contributed by atoms with E-state index >= 15 is 0 Å². The Morgan fingerprint density at radius 2 is 1.29 bits per heavy atom. The minimum absolute atomic E-state index is 0. The maximum absolute atomic E-state index is 6.49. The van der Waals surface area contributed by atoms with Crippen LogP contribution in [-0.2, 0) is 21.1 Å². The summed E-state index contributed by atoms with van der Waals surface area (Å²) in [6, 6.07) is 53.8. The fourth-order valence-electron chi connectivity index (χ4n) is 7.49. The van der Waals surface area contributed by atoms with Crippen molar-refractivity contribution in [2.45, 2.75) is 0 Å². The molecule has 9 aromatic rings. The summed E-state index contributed by atoms with van der Waals surface area (Å²) in [6.07, 6.45) is 5.35. The topological polar surface area (TPSA) is 57.2 Å². The third-order valence-electron chi connectivity index (χ3n) is 9.39. The van der Waals surface area contributed by atoms with Crippen LogP contribution in [0.1, 0.15) is 0 Å². The smallest absolute Gasteiger partial charge is 0.501 e. The van der Waals surface area contributed by atoms with E-state index in [0.29, 0.717) is 11.5 Å². The Morgan fingerprint density at radius 1 is 0.592 bits per heavy atom. The molecule has 8 heteroatoms. The van der Waals surface area contributed by atoms with E-state index in [0.717, 1.165) is 44.8 Å². The zero-order valence-corrected chi connectivity index (χ0v) is 29.2. The first kappa shape index (κ1) is 29.5. The van der Waals surface area contributed by atoms with Crippen LogP contribution in [0.5, 0.6) is 11.5 Å². The van der Waals surface area contributed by atoms with Crippen LogP contribution in [0.3, 0.4) is 0 Å². The molecule has 5 heterocycles. The SMILES string of the molecule is [Pt+2].[c-]1c(Oc2[c-]c3c(cc2)[Si](c2ccccc2)(c2ccccc2)c2cccnc2-3)cncc1-n1c2ccccc2n2c3ccccc3nc12. The standard InChI is InChI=1S/C41H25N5OSi.Pt/c1-3-12-31(13-4-1)48(32-14-5-2-6-15-32)38-22-21-29(25-33(38)40-39(48)20-11-23-43-40)47-30-24-28(26-42-27-30)45-36-18-9-10-19-37(36)46-35-17-8-7-16-34(35)44-41(45)46;/h1-23,26-27H;/q-2;+2. The van der Waals surface area contributed by atoms with E-state index < -0.39 is 8.07 Å². The molecule has 0 unspecified atom stereocenters. The number of pyridine rings is 2. The number of aromatic nitrogens is 5. The molecule has 0 fully saturated rings. The maximum Gasteiger partial charge on any atom is 2.00 e. The minimum atomic E-state index is -2.63. The van der Waals surface area contributed by atoms with Crippen molar-refractivity contribution in [3.63, 3.8) is 0 Å². The number of hydrogen-bond acceptors (Lipinski definition) is 4. The fourth-order valence-corrected chi connectivity index (χ4v) is 12.5. The Kier molecular flexibility index (Phi) is 6.93. The summed E-state index contributed by atoms with van der Waals surface area (Å²) in [5, 5.41) is 5.14. The second-order valence-corrected chi connectivity index (χ2v) is 15.7. The summed E-state index contributed by atoms with van der Waals surface area (Å²) < 4.78 is 10.8. The molecule has 0 spiro atoms. The van der Waals surface area contributed by atoms with Gasteiger partial charge in [0.2, 0.25) is 5.78 Å². The van der Waals surface area contributed by atoms with Crippen molar-refractivity contribution in [2.75, 3.05) is 0 Å². The first-order valence-corrected chi connectivity index (χ1v) is 17.9. The molecule has 1 aliphatic rings. The zero-order valence-electron chi connectivity index (χ0n) is 25.9. The van der Waals surface area contributed by atoms with Gasteiger partial charge in [0, 0.05) is 17.7 Å². The van der Waals surface area contributed by atoms with Crippen LogP contribution in [0.25, 0.3) is 44.8 Å². The van der Waals surface area contributed by atoms with Gasteiger partial charge in [-0.1, -0.05) is 119 Å². The third-order valence-corrected chi connectivity index (χ3v) is 14.2. The van der Waals surface area contributed by atoms with Crippen LogP contribution < -0.4 is 25.5 Å². The number of ether oxygens (including phenoxy) is 1. The van der Waals surface area contributed by atoms with Gasteiger partial charge in [-0.2, -0.15) is 0 Å². The van der Waals surface area contributed by atoms with Crippen LogP contribution in [-0.4, -0.2) is 32.0 Å². The van der Waals surface area contributed by atoms with Gasteiger partial charge in [-0.3, -0.25) is 4.40 Å². The summed E-state index contributed by atoms with van der Waals surface area (Å²) in [6.45, 7) is 0. The Hall–Kier alpha value is -5.62. The molecule has 0 amide bonds. The average molecular weight is 827 g/mol. The predicted molar refractivity (Wildman–Crippen MR) is 192 cm³/mol. The Labute approximate surface area is 297 Å². The summed E-state index contributed by atoms with van der Waals surface area (Å²) >= 11 is 0. The monoisotopic (exact) mass is 826 g/mol. The van der Waals surface area contributed by atoms with Gasteiger partial charge in [0.05, 0.1) is 22.1 Å². The molecule has 0 aliphatic carbocycles. The van der Waals surface area contributed by atoms with Crippen LogP contribution in [0.2, 0.25) is 0 Å². The number of fused-ring (bicyclic) bond motifs is 8. The number of hydrogen-bond donors (Lipinski definition) is 0. The maximum atomic E-state index is 6.49. The van der Waals surface area contributed by atoms with Gasteiger partial charge in [0.25, 0.3) is 0 Å². The summed E-state index contributed by atoms with van der Waals surface area (Å²) in [5.74, 6) is 1.87. The van der Waals surface area contributed by atoms with Crippen LogP contribution in [0.15, 0.2) is 152 Å². The number of benzene rings is 5. The molecule has 10 rings (SSSR count). The van der Waals surface area contributed by atoms with Gasteiger partial charge in [-0.05, 0) is 47.9 Å². The number of nitrogens with zero attached hydrogens (tertiary/aromatic N) is 5. The Bertz CT molecular complexity index is 2630. The Balaban J connectivity index is 0.00000325. The summed E-state index contributed by atoms with van der Waals surface area (Å²) in [4.78, 5) is 14.5. The minimum Gasteiger partial charge on any atom is -0.501 e. The third kappa shape index (κ3) is 4.33. The normalized spacial score (nSPS) is 12.9. The molecular weight excluding hydrogens is 802 g/mol. The molecule has 49 heavy (non-hydrogen) atoms. The molecule has 234 valence electrons. The molecular formula is C41H25N5OPtSi. The first-order valence-electron chi connectivity index (χ1n) is 15.9. The molecule has 0 radical (unpaired) electrons. The van der Waals surface area contributed by atoms with Crippen LogP contribution in [0, 0.1) is 12.1 Å². The molecule has 4 aromatic heterocycles. The molecule has 0 bridgehead atoms. The quantitative estimate of drug-likeness (QED) is 0.159. The van der Waals surface area contributed by atoms with Gasteiger partial charge < -0.3 is 19.3 Å². The second-order valence-electron chi connectivity index (χ2n) is 11.9. The van der Waals surface area contributed by atoms with Gasteiger partial charge in [-0.25, -0.2) is 4.98 Å². The van der Waals surface area contributed by atoms with Crippen molar-refractivity contribution in [3.8, 4) is 28.4 Å². The van der Waals surface area contributed by atoms with E-state index in [2.05, 4.69) is 117 Å². The predicted octanol–water partition coefficient (Wildman–Crippen LogP) is 5.97. The molecule has 0 atom stereocenters. The number of imidazole rings is 2. The Morgan fingerprint density at radius 3 is 2.06 bits per heavy atom. The number of para-hydroxylation sites is 4. The van der Waals surface area contributed by atoms with E-state index in [1.165, 1.54) is 20.7 Å². The first-order chi connectivity index (χ1) is 23.8. The van der Waals surface area contributed by atoms with Gasteiger partial charge in [0.1, 0.15) is 8.07 Å². The molecule has 0 saturated heterocycles. The fraction of sp³-hybridized carbons (Fsp3) is 0. The van der Waals surface area contributed by atoms with Crippen molar-refractivity contribution >= 4 is 56.7 Å². The van der Waals surface area contributed by atoms with E-state index in [1.54, 1.807) is 12.4 Å². The van der Waals surface area contributed by atoms with Crippen molar-refractivity contribution in [1.29, 1.82) is 0 Å². The summed E-state index contributed by atoms with van der Waals surface area (Å²) in [7, 11) is -2.63. The van der Waals surface area contributed by atoms with Gasteiger partial charge in [0.15, 0.2) is 0 Å². The molecule has 0 saturated carbocycles. The molecule has 5 aromatic carbocycles. The van der Waals surface area contributed by atoms with Crippen molar-refractivity contribution in [2.24, 2.45) is 0 Å². The zero-order chi connectivity index (χ0) is 31.7. The molecule has 1 aliphatic heterocycles. The van der Waals surface area contributed by atoms with Gasteiger partial charge in [-0.15, -0.1) is 28.9 Å². The summed E-state index contributed by atoms with van der Waals surface area (Å²) in [5.41, 5.74) is 6.73. The van der Waals surface area contributed by atoms with E-state index in [4.69, 9.17) is 14.7 Å². The van der Waals surface area contributed by atoms with E-state index in [9.17, 15) is 0 Å². The average Bonchev–Trinajstić information content (AvgIpc) is 3.78. The van der Waals surface area contributed by atoms with E-state index in [-0.39, 0.29) is 21.1 Å². The van der Waals surface area contributed by atoms with E-state index in [1.807, 2.05) is 48.7 Å². The van der Waals surface area contributed by atoms with Crippen molar-refractivity contribution in [1.82, 2.24) is 23.9 Å².